The van der Waals surface area contributed by atoms with Gasteiger partial charge in [-0.2, -0.15) is 4.73 Å². The van der Waals surface area contributed by atoms with E-state index >= 15 is 0 Å². The van der Waals surface area contributed by atoms with Gasteiger partial charge in [0.15, 0.2) is 0 Å². The van der Waals surface area contributed by atoms with Gasteiger partial charge in [-0.15, -0.1) is 13.2 Å². The van der Waals surface area contributed by atoms with Crippen molar-refractivity contribution in [2.45, 2.75) is 12.8 Å². The molecule has 0 aliphatic heterocycles. The molecule has 1 heterocycles. The molecule has 182 valence electrons. The van der Waals surface area contributed by atoms with E-state index in [1.807, 2.05) is 0 Å². The predicted molar refractivity (Wildman–Crippen MR) is 124 cm³/mol. The first kappa shape index (κ1) is 24.1. The molecule has 1 aromatic heterocycles. The number of rotatable bonds is 7. The van der Waals surface area contributed by atoms with Crippen LogP contribution in [0, 0.1) is 0 Å². The van der Waals surface area contributed by atoms with Crippen LogP contribution in [-0.4, -0.2) is 31.7 Å². The highest BCUT2D eigenvalue weighted by atomic mass is 32.2. The maximum atomic E-state index is 12.6. The number of alkyl halides is 3. The van der Waals surface area contributed by atoms with Gasteiger partial charge in [-0.1, -0.05) is 42.5 Å². The summed E-state index contributed by atoms with van der Waals surface area (Å²) in [6.45, 7) is 0. The number of sulfonamides is 1. The third-order valence-electron chi connectivity index (χ3n) is 4.89. The average Bonchev–Trinajstić information content (AvgIpc) is 3.16. The molecule has 0 radical (unpaired) electrons. The summed E-state index contributed by atoms with van der Waals surface area (Å²) >= 11 is 0. The van der Waals surface area contributed by atoms with E-state index in [2.05, 4.69) is 9.46 Å². The summed E-state index contributed by atoms with van der Waals surface area (Å²) in [5.74, 6) is -0.884. The fraction of sp³-hybridized carbons (Fsp3) is 0.125. The first-order valence-electron chi connectivity index (χ1n) is 10.2. The van der Waals surface area contributed by atoms with E-state index in [0.717, 1.165) is 6.26 Å². The highest BCUT2D eigenvalue weighted by molar-refractivity contribution is 7.92. The molecular formula is C24H19F3N2O5S. The van der Waals surface area contributed by atoms with Crippen molar-refractivity contribution in [1.82, 2.24) is 4.73 Å². The van der Waals surface area contributed by atoms with Crippen molar-refractivity contribution in [3.05, 3.63) is 84.6 Å². The van der Waals surface area contributed by atoms with Gasteiger partial charge in [0.05, 0.1) is 23.9 Å². The topological polar surface area (TPSA) is 86.6 Å². The summed E-state index contributed by atoms with van der Waals surface area (Å²) in [4.78, 5) is 18.0. The minimum Gasteiger partial charge on any atom is -0.406 e. The summed E-state index contributed by atoms with van der Waals surface area (Å²) in [5.41, 5.74) is 2.86. The number of carbonyl (C=O) groups excluding carboxylic acids is 1. The van der Waals surface area contributed by atoms with Crippen LogP contribution in [-0.2, 0) is 21.2 Å². The normalized spacial score (nSPS) is 11.9. The van der Waals surface area contributed by atoms with Crippen molar-refractivity contribution < 1.29 is 36.0 Å². The van der Waals surface area contributed by atoms with Crippen LogP contribution in [0.3, 0.4) is 0 Å². The van der Waals surface area contributed by atoms with Crippen molar-refractivity contribution in [3.8, 4) is 16.9 Å². The average molecular weight is 504 g/mol. The number of anilines is 1. The Balaban J connectivity index is 1.47. The number of carbonyl (C=O) groups is 1. The summed E-state index contributed by atoms with van der Waals surface area (Å²) < 4.78 is 67.8. The molecule has 3 aromatic carbocycles. The minimum absolute atomic E-state index is 0.0654. The standard InChI is InChI=1S/C24H19F3N2O5S/c1-35(31,32)28-21-6-3-7-22-20(21)12-13-29(22)34-23(30)15-16-4-2-5-18(14-16)17-8-10-19(11-9-17)33-24(25,26)27/h2-14,28H,15H2,1H3. The first-order chi connectivity index (χ1) is 16.5. The highest BCUT2D eigenvalue weighted by Gasteiger charge is 2.31. The molecule has 0 bridgehead atoms. The summed E-state index contributed by atoms with van der Waals surface area (Å²) in [5, 5.41) is 0.561. The van der Waals surface area contributed by atoms with Crippen LogP contribution in [0.15, 0.2) is 79.0 Å². The Kier molecular flexibility index (Phi) is 6.44. The van der Waals surface area contributed by atoms with E-state index in [4.69, 9.17) is 4.84 Å². The molecule has 0 saturated carbocycles. The van der Waals surface area contributed by atoms with Crippen molar-refractivity contribution in [1.29, 1.82) is 0 Å². The zero-order valence-corrected chi connectivity index (χ0v) is 19.1. The van der Waals surface area contributed by atoms with Gasteiger partial charge in [0.25, 0.3) is 0 Å². The smallest absolute Gasteiger partial charge is 0.406 e. The zero-order valence-electron chi connectivity index (χ0n) is 18.2. The SMILES string of the molecule is CS(=O)(=O)Nc1cccc2c1ccn2OC(=O)Cc1cccc(-c2ccc(OC(F)(F)F)cc2)c1. The van der Waals surface area contributed by atoms with Gasteiger partial charge >= 0.3 is 12.3 Å². The number of hydrogen-bond donors (Lipinski definition) is 1. The van der Waals surface area contributed by atoms with Crippen LogP contribution in [0.2, 0.25) is 0 Å². The summed E-state index contributed by atoms with van der Waals surface area (Å²) in [6, 6.07) is 18.9. The Morgan fingerprint density at radius 3 is 2.37 bits per heavy atom. The number of ether oxygens (including phenoxy) is 1. The summed E-state index contributed by atoms with van der Waals surface area (Å²) in [6.07, 6.45) is -2.28. The Morgan fingerprint density at radius 1 is 0.971 bits per heavy atom. The molecule has 0 spiro atoms. The van der Waals surface area contributed by atoms with E-state index in [0.29, 0.717) is 33.3 Å². The van der Waals surface area contributed by atoms with Gasteiger partial charge in [-0.3, -0.25) is 4.72 Å². The molecule has 0 aliphatic rings. The number of hydrogen-bond acceptors (Lipinski definition) is 5. The van der Waals surface area contributed by atoms with Gasteiger partial charge in [-0.25, -0.2) is 13.2 Å². The molecule has 1 N–H and O–H groups in total. The van der Waals surface area contributed by atoms with Crippen molar-refractivity contribution in [3.63, 3.8) is 0 Å². The molecule has 0 saturated heterocycles. The van der Waals surface area contributed by atoms with Crippen LogP contribution in [0.5, 0.6) is 5.75 Å². The van der Waals surface area contributed by atoms with Gasteiger partial charge in [0, 0.05) is 11.6 Å². The van der Waals surface area contributed by atoms with E-state index in [9.17, 15) is 26.4 Å². The largest absolute Gasteiger partial charge is 0.573 e. The van der Waals surface area contributed by atoms with E-state index in [1.54, 1.807) is 48.5 Å². The number of aromatic nitrogens is 1. The monoisotopic (exact) mass is 504 g/mol. The molecule has 11 heteroatoms. The van der Waals surface area contributed by atoms with Gasteiger partial charge in [-0.05, 0) is 47.0 Å². The van der Waals surface area contributed by atoms with E-state index < -0.39 is 22.4 Å². The lowest BCUT2D eigenvalue weighted by molar-refractivity contribution is -0.274. The molecule has 0 unspecified atom stereocenters. The fourth-order valence-corrected chi connectivity index (χ4v) is 4.11. The second-order valence-electron chi connectivity index (χ2n) is 7.67. The molecule has 4 aromatic rings. The van der Waals surface area contributed by atoms with Crippen LogP contribution >= 0.6 is 0 Å². The van der Waals surface area contributed by atoms with Crippen molar-refractivity contribution in [2.75, 3.05) is 11.0 Å². The number of benzene rings is 3. The van der Waals surface area contributed by atoms with E-state index in [1.165, 1.54) is 35.2 Å². The maximum absolute atomic E-state index is 12.6. The minimum atomic E-state index is -4.77. The van der Waals surface area contributed by atoms with Gasteiger partial charge in [0.2, 0.25) is 10.0 Å². The molecule has 0 fully saturated rings. The number of halogens is 3. The lowest BCUT2D eigenvalue weighted by Gasteiger charge is -2.10. The Morgan fingerprint density at radius 2 is 1.69 bits per heavy atom. The highest BCUT2D eigenvalue weighted by Crippen LogP contribution is 2.27. The van der Waals surface area contributed by atoms with Gasteiger partial charge < -0.3 is 9.57 Å². The zero-order chi connectivity index (χ0) is 25.2. The van der Waals surface area contributed by atoms with Crippen LogP contribution in [0.25, 0.3) is 22.0 Å². The molecular weight excluding hydrogens is 485 g/mol. The molecule has 35 heavy (non-hydrogen) atoms. The molecule has 0 amide bonds. The number of nitrogens with one attached hydrogen (secondary N) is 1. The van der Waals surface area contributed by atoms with E-state index in [-0.39, 0.29) is 12.2 Å². The van der Waals surface area contributed by atoms with Crippen LogP contribution in [0.1, 0.15) is 5.56 Å². The lowest BCUT2D eigenvalue weighted by Crippen LogP contribution is -2.20. The maximum Gasteiger partial charge on any atom is 0.573 e. The van der Waals surface area contributed by atoms with Gasteiger partial charge in [0.1, 0.15) is 5.75 Å². The second-order valence-corrected chi connectivity index (χ2v) is 9.42. The quantitative estimate of drug-likeness (QED) is 0.392. The fourth-order valence-electron chi connectivity index (χ4n) is 3.53. The molecule has 4 rings (SSSR count). The third-order valence-corrected chi connectivity index (χ3v) is 5.48. The molecule has 0 atom stereocenters. The second kappa shape index (κ2) is 9.34. The Labute approximate surface area is 198 Å². The lowest BCUT2D eigenvalue weighted by atomic mass is 10.0. The first-order valence-corrected chi connectivity index (χ1v) is 12.1. The third kappa shape index (κ3) is 6.33. The number of fused-ring (bicyclic) bond motifs is 1. The summed E-state index contributed by atoms with van der Waals surface area (Å²) in [7, 11) is -3.48. The van der Waals surface area contributed by atoms with Crippen molar-refractivity contribution >= 4 is 32.6 Å². The molecule has 0 aliphatic carbocycles. The van der Waals surface area contributed by atoms with Crippen LogP contribution < -0.4 is 14.3 Å². The predicted octanol–water partition coefficient (Wildman–Crippen LogP) is 4.78. The Hall–Kier alpha value is -3.99. The van der Waals surface area contributed by atoms with Crippen molar-refractivity contribution in [2.24, 2.45) is 0 Å². The Bertz CT molecular complexity index is 1480. The number of nitrogens with zero attached hydrogens (tertiary/aromatic N) is 1. The van der Waals surface area contributed by atoms with Crippen LogP contribution in [0.4, 0.5) is 18.9 Å². The molecule has 7 nitrogen and oxygen atoms in total.